The Balaban J connectivity index is 3.20. The van der Waals surface area contributed by atoms with Crippen LogP contribution in [0.1, 0.15) is 11.6 Å². The minimum absolute atomic E-state index is 0.285. The van der Waals surface area contributed by atoms with Gasteiger partial charge in [0.15, 0.2) is 9.84 Å². The minimum atomic E-state index is -3.16. The molecule has 0 aromatic heterocycles. The Morgan fingerprint density at radius 2 is 2.14 bits per heavy atom. The van der Waals surface area contributed by atoms with Crippen LogP contribution in [0.4, 0.5) is 0 Å². The molecule has 1 aromatic rings. The molecular formula is C10H13NO2S. The Kier molecular flexibility index (Phi) is 3.08. The molecule has 1 aromatic carbocycles. The Bertz CT molecular complexity index is 437. The molecule has 2 N–H and O–H groups in total. The van der Waals surface area contributed by atoms with Gasteiger partial charge in [-0.2, -0.15) is 0 Å². The summed E-state index contributed by atoms with van der Waals surface area (Å²) in [4.78, 5) is 0.285. The van der Waals surface area contributed by atoms with Crippen molar-refractivity contribution in [3.8, 4) is 0 Å². The molecule has 0 saturated carbocycles. The van der Waals surface area contributed by atoms with E-state index in [4.69, 9.17) is 5.73 Å². The van der Waals surface area contributed by atoms with Gasteiger partial charge in [0, 0.05) is 12.3 Å². The second-order valence-corrected chi connectivity index (χ2v) is 5.12. The fourth-order valence-electron chi connectivity index (χ4n) is 1.09. The molecule has 4 heteroatoms. The molecule has 0 heterocycles. The Morgan fingerprint density at radius 3 is 2.64 bits per heavy atom. The Morgan fingerprint density at radius 1 is 1.50 bits per heavy atom. The summed E-state index contributed by atoms with van der Waals surface area (Å²) in [6.45, 7) is 3.55. The van der Waals surface area contributed by atoms with Crippen LogP contribution in [0.15, 0.2) is 41.8 Å². The van der Waals surface area contributed by atoms with Crippen LogP contribution in [0, 0.1) is 0 Å². The quantitative estimate of drug-likeness (QED) is 0.766. The number of hydrogen-bond acceptors (Lipinski definition) is 3. The third-order valence-electron chi connectivity index (χ3n) is 1.93. The predicted octanol–water partition coefficient (Wildman–Crippen LogP) is 1.28. The van der Waals surface area contributed by atoms with Gasteiger partial charge in [0.05, 0.1) is 4.90 Å². The average molecular weight is 211 g/mol. The van der Waals surface area contributed by atoms with E-state index in [0.717, 1.165) is 5.56 Å². The van der Waals surface area contributed by atoms with Crippen LogP contribution in [0.3, 0.4) is 0 Å². The molecule has 0 spiro atoms. The summed E-state index contributed by atoms with van der Waals surface area (Å²) in [7, 11) is -3.16. The highest BCUT2D eigenvalue weighted by Crippen LogP contribution is 2.16. The van der Waals surface area contributed by atoms with Gasteiger partial charge in [0.2, 0.25) is 0 Å². The molecule has 1 rings (SSSR count). The lowest BCUT2D eigenvalue weighted by atomic mass is 10.1. The van der Waals surface area contributed by atoms with Gasteiger partial charge in [-0.3, -0.25) is 0 Å². The summed E-state index contributed by atoms with van der Waals surface area (Å²) in [6.07, 6.45) is 2.74. The lowest BCUT2D eigenvalue weighted by Crippen LogP contribution is -2.07. The van der Waals surface area contributed by atoms with Crippen molar-refractivity contribution in [3.05, 3.63) is 42.5 Å². The maximum absolute atomic E-state index is 11.2. The highest BCUT2D eigenvalue weighted by Gasteiger charge is 2.09. The van der Waals surface area contributed by atoms with Crippen molar-refractivity contribution in [1.29, 1.82) is 0 Å². The van der Waals surface area contributed by atoms with Crippen molar-refractivity contribution >= 4 is 9.84 Å². The average Bonchev–Trinajstić information content (AvgIpc) is 2.15. The highest BCUT2D eigenvalue weighted by atomic mass is 32.2. The molecule has 0 bridgehead atoms. The SMILES string of the molecule is C=C[C@H](N)c1cccc(S(C)(=O)=O)c1. The summed E-state index contributed by atoms with van der Waals surface area (Å²) >= 11 is 0. The maximum atomic E-state index is 11.2. The van der Waals surface area contributed by atoms with Crippen molar-refractivity contribution in [2.24, 2.45) is 5.73 Å². The van der Waals surface area contributed by atoms with E-state index in [0.29, 0.717) is 0 Å². The van der Waals surface area contributed by atoms with Gasteiger partial charge < -0.3 is 5.73 Å². The van der Waals surface area contributed by atoms with Crippen molar-refractivity contribution < 1.29 is 8.42 Å². The number of benzene rings is 1. The second-order valence-electron chi connectivity index (χ2n) is 3.11. The molecule has 0 radical (unpaired) electrons. The van der Waals surface area contributed by atoms with E-state index in [1.807, 2.05) is 0 Å². The first-order valence-corrected chi connectivity index (χ1v) is 6.02. The number of sulfone groups is 1. The second kappa shape index (κ2) is 3.94. The van der Waals surface area contributed by atoms with Crippen molar-refractivity contribution in [2.45, 2.75) is 10.9 Å². The van der Waals surface area contributed by atoms with Crippen molar-refractivity contribution in [3.63, 3.8) is 0 Å². The van der Waals surface area contributed by atoms with Gasteiger partial charge in [-0.25, -0.2) is 8.42 Å². The van der Waals surface area contributed by atoms with Gasteiger partial charge >= 0.3 is 0 Å². The van der Waals surface area contributed by atoms with Crippen molar-refractivity contribution in [1.82, 2.24) is 0 Å². The fraction of sp³-hybridized carbons (Fsp3) is 0.200. The van der Waals surface area contributed by atoms with E-state index in [2.05, 4.69) is 6.58 Å². The van der Waals surface area contributed by atoms with E-state index in [1.54, 1.807) is 30.3 Å². The summed E-state index contributed by atoms with van der Waals surface area (Å²) in [5.74, 6) is 0. The van der Waals surface area contributed by atoms with Gasteiger partial charge in [-0.1, -0.05) is 18.2 Å². The van der Waals surface area contributed by atoms with Crippen LogP contribution < -0.4 is 5.73 Å². The number of hydrogen-bond donors (Lipinski definition) is 1. The number of rotatable bonds is 3. The molecule has 0 amide bonds. The van der Waals surface area contributed by atoms with Gasteiger partial charge in [-0.05, 0) is 17.7 Å². The topological polar surface area (TPSA) is 60.2 Å². The van der Waals surface area contributed by atoms with Crippen LogP contribution in [-0.4, -0.2) is 14.7 Å². The molecule has 76 valence electrons. The molecule has 0 saturated heterocycles. The molecule has 0 aliphatic rings. The Labute approximate surface area is 84.2 Å². The van der Waals surface area contributed by atoms with Gasteiger partial charge in [-0.15, -0.1) is 6.58 Å². The zero-order chi connectivity index (χ0) is 10.8. The van der Waals surface area contributed by atoms with Crippen LogP contribution in [-0.2, 0) is 9.84 Å². The standard InChI is InChI=1S/C10H13NO2S/c1-3-10(11)8-5-4-6-9(7-8)14(2,12)13/h3-7,10H,1,11H2,2H3/t10-/m0/s1. The van der Waals surface area contributed by atoms with Gasteiger partial charge in [0.25, 0.3) is 0 Å². The van der Waals surface area contributed by atoms with E-state index >= 15 is 0 Å². The molecule has 3 nitrogen and oxygen atoms in total. The van der Waals surface area contributed by atoms with E-state index in [-0.39, 0.29) is 10.9 Å². The monoisotopic (exact) mass is 211 g/mol. The van der Waals surface area contributed by atoms with Crippen LogP contribution >= 0.6 is 0 Å². The first-order chi connectivity index (χ1) is 6.45. The summed E-state index contributed by atoms with van der Waals surface area (Å²) in [5.41, 5.74) is 6.45. The zero-order valence-corrected chi connectivity index (χ0v) is 8.79. The normalized spacial score (nSPS) is 13.6. The molecule has 0 unspecified atom stereocenters. The highest BCUT2D eigenvalue weighted by molar-refractivity contribution is 7.90. The zero-order valence-electron chi connectivity index (χ0n) is 7.97. The van der Waals surface area contributed by atoms with Crippen LogP contribution in [0.5, 0.6) is 0 Å². The first kappa shape index (κ1) is 10.9. The summed E-state index contributed by atoms with van der Waals surface area (Å²) < 4.78 is 22.5. The fourth-order valence-corrected chi connectivity index (χ4v) is 1.76. The third kappa shape index (κ3) is 2.43. The van der Waals surface area contributed by atoms with Gasteiger partial charge in [0.1, 0.15) is 0 Å². The van der Waals surface area contributed by atoms with Crippen LogP contribution in [0.25, 0.3) is 0 Å². The summed E-state index contributed by atoms with van der Waals surface area (Å²) in [5, 5.41) is 0. The molecule has 0 aliphatic carbocycles. The van der Waals surface area contributed by atoms with Crippen molar-refractivity contribution in [2.75, 3.05) is 6.26 Å². The Hall–Kier alpha value is -1.13. The lowest BCUT2D eigenvalue weighted by molar-refractivity contribution is 0.601. The van der Waals surface area contributed by atoms with Crippen LogP contribution in [0.2, 0.25) is 0 Å². The van der Waals surface area contributed by atoms with E-state index in [9.17, 15) is 8.42 Å². The van der Waals surface area contributed by atoms with E-state index < -0.39 is 9.84 Å². The number of nitrogens with two attached hydrogens (primary N) is 1. The largest absolute Gasteiger partial charge is 0.321 e. The molecular weight excluding hydrogens is 198 g/mol. The molecule has 14 heavy (non-hydrogen) atoms. The predicted molar refractivity (Wildman–Crippen MR) is 56.7 cm³/mol. The first-order valence-electron chi connectivity index (χ1n) is 4.13. The smallest absolute Gasteiger partial charge is 0.175 e. The maximum Gasteiger partial charge on any atom is 0.175 e. The van der Waals surface area contributed by atoms with E-state index in [1.165, 1.54) is 6.26 Å². The molecule has 0 aliphatic heterocycles. The summed E-state index contributed by atoms with van der Waals surface area (Å²) in [6, 6.07) is 6.25. The molecule has 0 fully saturated rings. The molecule has 1 atom stereocenters. The lowest BCUT2D eigenvalue weighted by Gasteiger charge is -2.07. The minimum Gasteiger partial charge on any atom is -0.321 e. The third-order valence-corrected chi connectivity index (χ3v) is 3.04.